The quantitative estimate of drug-likeness (QED) is 0.554. The van der Waals surface area contributed by atoms with E-state index in [-0.39, 0.29) is 0 Å². The highest BCUT2D eigenvalue weighted by Crippen LogP contribution is 2.20. The van der Waals surface area contributed by atoms with E-state index in [0.717, 1.165) is 49.6 Å². The standard InChI is InChI=1S/C16H29ClN4/c1-6-9-14-19-15(17)13(4)16(20-14)18-10-7-8-11-21(5)12(2)3/h12H,6-11H2,1-5H3,(H,18,19,20). The van der Waals surface area contributed by atoms with Gasteiger partial charge in [-0.1, -0.05) is 18.5 Å². The second-order valence-corrected chi connectivity index (χ2v) is 6.22. The molecule has 0 aliphatic heterocycles. The van der Waals surface area contributed by atoms with Gasteiger partial charge in [0.15, 0.2) is 0 Å². The molecule has 0 unspecified atom stereocenters. The first kappa shape index (κ1) is 18.2. The molecule has 1 heterocycles. The molecule has 1 aromatic heterocycles. The van der Waals surface area contributed by atoms with E-state index in [1.807, 2.05) is 6.92 Å². The first-order valence-corrected chi connectivity index (χ1v) is 8.30. The molecule has 0 saturated carbocycles. The molecule has 0 aliphatic carbocycles. The summed E-state index contributed by atoms with van der Waals surface area (Å²) in [5.74, 6) is 1.71. The zero-order chi connectivity index (χ0) is 15.8. The lowest BCUT2D eigenvalue weighted by Crippen LogP contribution is -2.27. The van der Waals surface area contributed by atoms with Gasteiger partial charge in [-0.25, -0.2) is 9.97 Å². The molecule has 0 amide bonds. The molecule has 21 heavy (non-hydrogen) atoms. The van der Waals surface area contributed by atoms with Crippen LogP contribution in [0.5, 0.6) is 0 Å². The lowest BCUT2D eigenvalue weighted by atomic mass is 10.2. The third kappa shape index (κ3) is 6.18. The summed E-state index contributed by atoms with van der Waals surface area (Å²) in [5, 5.41) is 3.97. The van der Waals surface area contributed by atoms with E-state index in [2.05, 4.69) is 48.0 Å². The minimum absolute atomic E-state index is 0.565. The molecule has 0 aromatic carbocycles. The van der Waals surface area contributed by atoms with Crippen molar-refractivity contribution < 1.29 is 0 Å². The summed E-state index contributed by atoms with van der Waals surface area (Å²) in [6.07, 6.45) is 4.21. The van der Waals surface area contributed by atoms with Crippen molar-refractivity contribution in [1.29, 1.82) is 0 Å². The van der Waals surface area contributed by atoms with E-state index in [4.69, 9.17) is 11.6 Å². The van der Waals surface area contributed by atoms with Gasteiger partial charge in [0.1, 0.15) is 16.8 Å². The van der Waals surface area contributed by atoms with Gasteiger partial charge in [-0.2, -0.15) is 0 Å². The Bertz CT molecular complexity index is 435. The van der Waals surface area contributed by atoms with Crippen LogP contribution >= 0.6 is 11.6 Å². The number of nitrogens with zero attached hydrogens (tertiary/aromatic N) is 3. The van der Waals surface area contributed by atoms with Gasteiger partial charge in [0.2, 0.25) is 0 Å². The molecule has 5 heteroatoms. The van der Waals surface area contributed by atoms with Gasteiger partial charge in [0.25, 0.3) is 0 Å². The van der Waals surface area contributed by atoms with Crippen LogP contribution < -0.4 is 5.32 Å². The van der Waals surface area contributed by atoms with E-state index in [9.17, 15) is 0 Å². The number of rotatable bonds is 9. The van der Waals surface area contributed by atoms with Crippen molar-refractivity contribution in [2.24, 2.45) is 0 Å². The number of hydrogen-bond donors (Lipinski definition) is 1. The fraction of sp³-hybridized carbons (Fsp3) is 0.750. The van der Waals surface area contributed by atoms with Crippen molar-refractivity contribution in [2.75, 3.05) is 25.5 Å². The molecule has 1 N–H and O–H groups in total. The summed E-state index contributed by atoms with van der Waals surface area (Å²) in [6, 6.07) is 0.609. The Balaban J connectivity index is 2.44. The van der Waals surface area contributed by atoms with E-state index in [1.165, 1.54) is 6.42 Å². The zero-order valence-electron chi connectivity index (χ0n) is 14.0. The van der Waals surface area contributed by atoms with Crippen LogP contribution in [-0.4, -0.2) is 41.0 Å². The van der Waals surface area contributed by atoms with Crippen LogP contribution in [0.15, 0.2) is 0 Å². The predicted octanol–water partition coefficient (Wildman–Crippen LogP) is 3.92. The van der Waals surface area contributed by atoms with Crippen molar-refractivity contribution in [3.63, 3.8) is 0 Å². The maximum absolute atomic E-state index is 6.17. The number of anilines is 1. The van der Waals surface area contributed by atoms with Gasteiger partial charge in [0.05, 0.1) is 0 Å². The second kappa shape index (κ2) is 9.21. The molecule has 0 bridgehead atoms. The number of halogens is 1. The zero-order valence-corrected chi connectivity index (χ0v) is 14.8. The van der Waals surface area contributed by atoms with Crippen LogP contribution in [-0.2, 0) is 6.42 Å². The highest BCUT2D eigenvalue weighted by atomic mass is 35.5. The summed E-state index contributed by atoms with van der Waals surface area (Å²) in [5.41, 5.74) is 0.941. The average Bonchev–Trinajstić information content (AvgIpc) is 2.43. The smallest absolute Gasteiger partial charge is 0.137 e. The van der Waals surface area contributed by atoms with Crippen LogP contribution in [0.2, 0.25) is 5.15 Å². The van der Waals surface area contributed by atoms with Gasteiger partial charge >= 0.3 is 0 Å². The van der Waals surface area contributed by atoms with Gasteiger partial charge in [-0.3, -0.25) is 0 Å². The third-order valence-corrected chi connectivity index (χ3v) is 4.09. The molecule has 0 radical (unpaired) electrons. The van der Waals surface area contributed by atoms with Gasteiger partial charge in [-0.15, -0.1) is 0 Å². The molecule has 1 rings (SSSR count). The Kier molecular flexibility index (Phi) is 7.97. The summed E-state index contributed by atoms with van der Waals surface area (Å²) >= 11 is 6.17. The van der Waals surface area contributed by atoms with Crippen LogP contribution in [0.1, 0.15) is 51.4 Å². The first-order chi connectivity index (χ1) is 9.95. The topological polar surface area (TPSA) is 41.1 Å². The highest BCUT2D eigenvalue weighted by molar-refractivity contribution is 6.30. The lowest BCUT2D eigenvalue weighted by molar-refractivity contribution is 0.269. The number of unbranched alkanes of at least 4 members (excludes halogenated alkanes) is 1. The predicted molar refractivity (Wildman–Crippen MR) is 91.3 cm³/mol. The van der Waals surface area contributed by atoms with Crippen LogP contribution in [0, 0.1) is 6.92 Å². The maximum atomic E-state index is 6.17. The van der Waals surface area contributed by atoms with Crippen molar-refractivity contribution in [3.05, 3.63) is 16.5 Å². The number of nitrogens with one attached hydrogen (secondary N) is 1. The molecule has 0 fully saturated rings. The van der Waals surface area contributed by atoms with Crippen LogP contribution in [0.4, 0.5) is 5.82 Å². The van der Waals surface area contributed by atoms with Crippen LogP contribution in [0.3, 0.4) is 0 Å². The fourth-order valence-corrected chi connectivity index (χ4v) is 2.18. The lowest BCUT2D eigenvalue weighted by Gasteiger charge is -2.20. The van der Waals surface area contributed by atoms with Crippen LogP contribution in [0.25, 0.3) is 0 Å². The minimum atomic E-state index is 0.565. The van der Waals surface area contributed by atoms with Gasteiger partial charge in [-0.05, 0) is 53.6 Å². The summed E-state index contributed by atoms with van der Waals surface area (Å²) < 4.78 is 0. The van der Waals surface area contributed by atoms with Crippen molar-refractivity contribution in [1.82, 2.24) is 14.9 Å². The molecule has 1 aromatic rings. The Hall–Kier alpha value is -0.870. The van der Waals surface area contributed by atoms with E-state index in [0.29, 0.717) is 11.2 Å². The fourth-order valence-electron chi connectivity index (χ4n) is 1.99. The molecule has 0 atom stereocenters. The van der Waals surface area contributed by atoms with Crippen molar-refractivity contribution in [2.45, 2.75) is 59.4 Å². The molecular weight excluding hydrogens is 284 g/mol. The number of aromatic nitrogens is 2. The highest BCUT2D eigenvalue weighted by Gasteiger charge is 2.08. The number of hydrogen-bond acceptors (Lipinski definition) is 4. The molecule has 0 saturated heterocycles. The Morgan fingerprint density at radius 2 is 1.95 bits per heavy atom. The Labute approximate surface area is 134 Å². The van der Waals surface area contributed by atoms with Gasteiger partial charge < -0.3 is 10.2 Å². The SMILES string of the molecule is CCCc1nc(Cl)c(C)c(NCCCCN(C)C(C)C)n1. The summed E-state index contributed by atoms with van der Waals surface area (Å²) in [7, 11) is 2.17. The normalized spacial score (nSPS) is 11.4. The third-order valence-electron chi connectivity index (χ3n) is 3.72. The monoisotopic (exact) mass is 312 g/mol. The Morgan fingerprint density at radius 1 is 1.24 bits per heavy atom. The number of aryl methyl sites for hydroxylation is 1. The molecule has 4 nitrogen and oxygen atoms in total. The van der Waals surface area contributed by atoms with E-state index >= 15 is 0 Å². The summed E-state index contributed by atoms with van der Waals surface area (Å²) in [6.45, 7) is 10.6. The van der Waals surface area contributed by atoms with Gasteiger partial charge in [0, 0.05) is 24.6 Å². The molecular formula is C16H29ClN4. The largest absolute Gasteiger partial charge is 0.370 e. The minimum Gasteiger partial charge on any atom is -0.370 e. The first-order valence-electron chi connectivity index (χ1n) is 7.92. The van der Waals surface area contributed by atoms with Crippen molar-refractivity contribution in [3.8, 4) is 0 Å². The summed E-state index contributed by atoms with van der Waals surface area (Å²) in [4.78, 5) is 11.3. The Morgan fingerprint density at radius 3 is 2.57 bits per heavy atom. The van der Waals surface area contributed by atoms with E-state index in [1.54, 1.807) is 0 Å². The van der Waals surface area contributed by atoms with E-state index < -0.39 is 0 Å². The maximum Gasteiger partial charge on any atom is 0.137 e. The second-order valence-electron chi connectivity index (χ2n) is 5.86. The van der Waals surface area contributed by atoms with Crippen molar-refractivity contribution >= 4 is 17.4 Å². The average molecular weight is 313 g/mol. The molecule has 0 aliphatic rings. The molecule has 120 valence electrons. The molecule has 0 spiro atoms.